The van der Waals surface area contributed by atoms with Crippen molar-refractivity contribution < 1.29 is 22.8 Å². The molecule has 2 rings (SSSR count). The molecule has 8 nitrogen and oxygen atoms in total. The van der Waals surface area contributed by atoms with E-state index in [9.17, 15) is 22.8 Å². The molecule has 2 N–H and O–H groups in total. The summed E-state index contributed by atoms with van der Waals surface area (Å²) in [6.07, 6.45) is 3.13. The predicted molar refractivity (Wildman–Crippen MR) is 112 cm³/mol. The SMILES string of the molecule is CSCCC(NS(=O)(=O)c1ccc(C)cc1)C(=O)NCCCN1C(=O)CCC1=O. The fourth-order valence-electron chi connectivity index (χ4n) is 2.90. The lowest BCUT2D eigenvalue weighted by Crippen LogP contribution is -2.47. The third kappa shape index (κ3) is 6.83. The van der Waals surface area contributed by atoms with Crippen molar-refractivity contribution in [2.24, 2.45) is 0 Å². The molecule has 160 valence electrons. The number of hydrogen-bond acceptors (Lipinski definition) is 6. The summed E-state index contributed by atoms with van der Waals surface area (Å²) in [7, 11) is -3.83. The molecular formula is C19H27N3O5S2. The van der Waals surface area contributed by atoms with Gasteiger partial charge in [-0.3, -0.25) is 19.3 Å². The molecule has 0 saturated carbocycles. The first-order chi connectivity index (χ1) is 13.7. The van der Waals surface area contributed by atoms with Crippen molar-refractivity contribution in [1.29, 1.82) is 0 Å². The summed E-state index contributed by atoms with van der Waals surface area (Å²) in [5, 5.41) is 2.70. The molecule has 10 heteroatoms. The summed E-state index contributed by atoms with van der Waals surface area (Å²) in [5.41, 5.74) is 0.940. The Morgan fingerprint density at radius 1 is 1.17 bits per heavy atom. The number of thioether (sulfide) groups is 1. The molecule has 1 aromatic carbocycles. The van der Waals surface area contributed by atoms with Crippen LogP contribution in [0.15, 0.2) is 29.2 Å². The Labute approximate surface area is 175 Å². The maximum atomic E-state index is 12.6. The molecule has 29 heavy (non-hydrogen) atoms. The van der Waals surface area contributed by atoms with Gasteiger partial charge in [-0.25, -0.2) is 8.42 Å². The first-order valence-electron chi connectivity index (χ1n) is 9.43. The molecule has 0 spiro atoms. The lowest BCUT2D eigenvalue weighted by atomic mass is 10.2. The van der Waals surface area contributed by atoms with Crippen molar-refractivity contribution in [3.63, 3.8) is 0 Å². The van der Waals surface area contributed by atoms with E-state index in [1.54, 1.807) is 12.1 Å². The van der Waals surface area contributed by atoms with Crippen LogP contribution in [0.25, 0.3) is 0 Å². The molecule has 1 aliphatic rings. The van der Waals surface area contributed by atoms with Crippen LogP contribution in [-0.2, 0) is 24.4 Å². The summed E-state index contributed by atoms with van der Waals surface area (Å²) < 4.78 is 27.7. The molecule has 1 atom stereocenters. The van der Waals surface area contributed by atoms with E-state index in [0.29, 0.717) is 18.6 Å². The van der Waals surface area contributed by atoms with Crippen LogP contribution in [0.5, 0.6) is 0 Å². The Bertz CT molecular complexity index is 824. The Hall–Kier alpha value is -1.91. The lowest BCUT2D eigenvalue weighted by molar-refractivity contribution is -0.138. The van der Waals surface area contributed by atoms with E-state index in [-0.39, 0.29) is 42.6 Å². The summed E-state index contributed by atoms with van der Waals surface area (Å²) in [6, 6.07) is 5.51. The number of nitrogens with zero attached hydrogens (tertiary/aromatic N) is 1. The summed E-state index contributed by atoms with van der Waals surface area (Å²) >= 11 is 1.52. The fraction of sp³-hybridized carbons (Fsp3) is 0.526. The number of imide groups is 1. The van der Waals surface area contributed by atoms with Crippen molar-refractivity contribution >= 4 is 39.5 Å². The first kappa shape index (κ1) is 23.4. The van der Waals surface area contributed by atoms with Gasteiger partial charge < -0.3 is 5.32 Å². The highest BCUT2D eigenvalue weighted by Gasteiger charge is 2.28. The summed E-state index contributed by atoms with van der Waals surface area (Å²) in [5.74, 6) is -0.186. The van der Waals surface area contributed by atoms with E-state index < -0.39 is 22.0 Å². The number of amides is 3. The van der Waals surface area contributed by atoms with E-state index in [1.165, 1.54) is 28.8 Å². The third-order valence-corrected chi connectivity index (χ3v) is 6.70. The van der Waals surface area contributed by atoms with Gasteiger partial charge in [0.1, 0.15) is 6.04 Å². The Kier molecular flexibility index (Phi) is 8.66. The predicted octanol–water partition coefficient (Wildman–Crippen LogP) is 1.05. The van der Waals surface area contributed by atoms with Crippen LogP contribution in [0.3, 0.4) is 0 Å². The molecule has 1 aromatic rings. The number of benzene rings is 1. The highest BCUT2D eigenvalue weighted by atomic mass is 32.2. The van der Waals surface area contributed by atoms with Crippen LogP contribution in [0, 0.1) is 6.92 Å². The second-order valence-electron chi connectivity index (χ2n) is 6.85. The number of carbonyl (C=O) groups is 3. The number of rotatable bonds is 11. The highest BCUT2D eigenvalue weighted by Crippen LogP contribution is 2.13. The largest absolute Gasteiger partial charge is 0.355 e. The van der Waals surface area contributed by atoms with Gasteiger partial charge in [0.2, 0.25) is 27.7 Å². The second kappa shape index (κ2) is 10.7. The smallest absolute Gasteiger partial charge is 0.241 e. The molecule has 1 saturated heterocycles. The van der Waals surface area contributed by atoms with Crippen molar-refractivity contribution in [2.75, 3.05) is 25.1 Å². The molecule has 1 unspecified atom stereocenters. The van der Waals surface area contributed by atoms with Gasteiger partial charge >= 0.3 is 0 Å². The van der Waals surface area contributed by atoms with E-state index in [1.807, 2.05) is 13.2 Å². The van der Waals surface area contributed by atoms with Crippen LogP contribution in [0.1, 0.15) is 31.2 Å². The molecule has 0 aliphatic carbocycles. The topological polar surface area (TPSA) is 113 Å². The molecule has 0 bridgehead atoms. The van der Waals surface area contributed by atoms with Gasteiger partial charge in [0.25, 0.3) is 0 Å². The van der Waals surface area contributed by atoms with Gasteiger partial charge in [0.15, 0.2) is 0 Å². The number of likely N-dealkylation sites (tertiary alicyclic amines) is 1. The summed E-state index contributed by atoms with van der Waals surface area (Å²) in [4.78, 5) is 37.0. The van der Waals surface area contributed by atoms with E-state index >= 15 is 0 Å². The van der Waals surface area contributed by atoms with Crippen molar-refractivity contribution in [2.45, 2.75) is 43.5 Å². The summed E-state index contributed by atoms with van der Waals surface area (Å²) in [6.45, 7) is 2.36. The number of carbonyl (C=O) groups excluding carboxylic acids is 3. The Balaban J connectivity index is 1.92. The minimum absolute atomic E-state index is 0.108. The van der Waals surface area contributed by atoms with Gasteiger partial charge in [-0.05, 0) is 43.9 Å². The molecule has 1 aliphatic heterocycles. The zero-order valence-corrected chi connectivity index (χ0v) is 18.3. The standard InChI is InChI=1S/C19H27N3O5S2/c1-14-4-6-15(7-5-14)29(26,27)21-16(10-13-28-2)19(25)20-11-3-12-22-17(23)8-9-18(22)24/h4-7,16,21H,3,8-13H2,1-2H3,(H,20,25). The number of nitrogens with one attached hydrogen (secondary N) is 2. The van der Waals surface area contributed by atoms with Crippen molar-refractivity contribution in [3.8, 4) is 0 Å². The number of hydrogen-bond donors (Lipinski definition) is 2. The minimum atomic E-state index is -3.83. The maximum absolute atomic E-state index is 12.6. The molecular weight excluding hydrogens is 414 g/mol. The van der Waals surface area contributed by atoms with Crippen LogP contribution >= 0.6 is 11.8 Å². The average Bonchev–Trinajstić information content (AvgIpc) is 3.00. The van der Waals surface area contributed by atoms with Crippen molar-refractivity contribution in [3.05, 3.63) is 29.8 Å². The molecule has 3 amide bonds. The van der Waals surface area contributed by atoms with Gasteiger partial charge in [-0.2, -0.15) is 16.5 Å². The van der Waals surface area contributed by atoms with Crippen LogP contribution in [-0.4, -0.2) is 62.2 Å². The van der Waals surface area contributed by atoms with Gasteiger partial charge in [-0.15, -0.1) is 0 Å². The Morgan fingerprint density at radius 3 is 2.38 bits per heavy atom. The van der Waals surface area contributed by atoms with Crippen molar-refractivity contribution in [1.82, 2.24) is 14.9 Å². The van der Waals surface area contributed by atoms with Gasteiger partial charge in [-0.1, -0.05) is 17.7 Å². The zero-order chi connectivity index (χ0) is 21.4. The lowest BCUT2D eigenvalue weighted by Gasteiger charge is -2.19. The van der Waals surface area contributed by atoms with Crippen LogP contribution < -0.4 is 10.0 Å². The maximum Gasteiger partial charge on any atom is 0.241 e. The first-order valence-corrected chi connectivity index (χ1v) is 12.3. The van der Waals surface area contributed by atoms with E-state index in [4.69, 9.17) is 0 Å². The van der Waals surface area contributed by atoms with Crippen LogP contribution in [0.4, 0.5) is 0 Å². The quantitative estimate of drug-likeness (QED) is 0.392. The van der Waals surface area contributed by atoms with E-state index in [0.717, 1.165) is 5.56 Å². The fourth-order valence-corrected chi connectivity index (χ4v) is 4.60. The van der Waals surface area contributed by atoms with Gasteiger partial charge in [0.05, 0.1) is 4.90 Å². The average molecular weight is 442 g/mol. The van der Waals surface area contributed by atoms with E-state index in [2.05, 4.69) is 10.0 Å². The number of sulfonamides is 1. The number of aryl methyl sites for hydroxylation is 1. The zero-order valence-electron chi connectivity index (χ0n) is 16.6. The van der Waals surface area contributed by atoms with Crippen LogP contribution in [0.2, 0.25) is 0 Å². The molecule has 0 radical (unpaired) electrons. The normalized spacial score (nSPS) is 15.6. The minimum Gasteiger partial charge on any atom is -0.355 e. The molecule has 0 aromatic heterocycles. The highest BCUT2D eigenvalue weighted by molar-refractivity contribution is 7.98. The Morgan fingerprint density at radius 2 is 1.79 bits per heavy atom. The molecule has 1 heterocycles. The second-order valence-corrected chi connectivity index (χ2v) is 9.55. The monoisotopic (exact) mass is 441 g/mol. The third-order valence-electron chi connectivity index (χ3n) is 4.57. The van der Waals surface area contributed by atoms with Gasteiger partial charge in [0, 0.05) is 25.9 Å². The molecule has 1 fully saturated rings.